The number of carbonyl (C=O) groups is 2. The number of esters is 1. The number of nitrogens with zero attached hydrogens (tertiary/aromatic N) is 3. The topological polar surface area (TPSA) is 96.5 Å². The molecule has 35 heavy (non-hydrogen) atoms. The number of nitrogens with one attached hydrogen (secondary N) is 1. The first kappa shape index (κ1) is 23.9. The third-order valence-electron chi connectivity index (χ3n) is 5.42. The standard InChI is InChI=1S/C25H17ClF2N4O3/c1-35-25(34)21(31-24(33)22-19(27)3-2-4-20(22)28)12-15-6-8-17(23-30-9-10-32(15)23)16-7-5-14(13-29)11-18(16)26/h2-11,21H,12H2,1H3,(H,31,33)/t21-/m0/s1. The Morgan fingerprint density at radius 3 is 2.54 bits per heavy atom. The highest BCUT2D eigenvalue weighted by molar-refractivity contribution is 6.33. The maximum Gasteiger partial charge on any atom is 0.328 e. The molecule has 1 atom stereocenters. The summed E-state index contributed by atoms with van der Waals surface area (Å²) in [4.78, 5) is 29.4. The molecule has 2 aromatic heterocycles. The lowest BCUT2D eigenvalue weighted by molar-refractivity contribution is -0.142. The third-order valence-corrected chi connectivity index (χ3v) is 5.73. The van der Waals surface area contributed by atoms with Crippen LogP contribution in [0.1, 0.15) is 21.6 Å². The van der Waals surface area contributed by atoms with Crippen LogP contribution < -0.4 is 5.32 Å². The molecule has 4 rings (SSSR count). The van der Waals surface area contributed by atoms with Gasteiger partial charge in [0, 0.05) is 40.7 Å². The fraction of sp³-hybridized carbons (Fsp3) is 0.120. The SMILES string of the molecule is COC(=O)[C@H](Cc1ccc(-c2ccc(C#N)cc2Cl)c2nccn12)NC(=O)c1c(F)cccc1F. The smallest absolute Gasteiger partial charge is 0.328 e. The molecule has 0 aliphatic heterocycles. The molecule has 0 fully saturated rings. The largest absolute Gasteiger partial charge is 0.467 e. The number of imidazole rings is 1. The summed E-state index contributed by atoms with van der Waals surface area (Å²) < 4.78 is 34.6. The molecule has 0 aliphatic carbocycles. The first-order valence-corrected chi connectivity index (χ1v) is 10.7. The molecule has 0 unspecified atom stereocenters. The van der Waals surface area contributed by atoms with Gasteiger partial charge in [0.1, 0.15) is 28.9 Å². The number of amides is 1. The number of hydrogen-bond donors (Lipinski definition) is 1. The van der Waals surface area contributed by atoms with Crippen LogP contribution in [0, 0.1) is 23.0 Å². The van der Waals surface area contributed by atoms with Crippen molar-refractivity contribution in [3.63, 3.8) is 0 Å². The van der Waals surface area contributed by atoms with E-state index in [2.05, 4.69) is 10.3 Å². The molecule has 0 saturated heterocycles. The van der Waals surface area contributed by atoms with E-state index in [1.165, 1.54) is 0 Å². The highest BCUT2D eigenvalue weighted by Crippen LogP contribution is 2.32. The van der Waals surface area contributed by atoms with Gasteiger partial charge in [0.05, 0.1) is 18.7 Å². The second-order valence-corrected chi connectivity index (χ2v) is 7.92. The van der Waals surface area contributed by atoms with Crippen molar-refractivity contribution in [3.8, 4) is 17.2 Å². The Morgan fingerprint density at radius 2 is 1.89 bits per heavy atom. The number of benzene rings is 2. The first-order chi connectivity index (χ1) is 16.8. The summed E-state index contributed by atoms with van der Waals surface area (Å²) in [5, 5.41) is 11.8. The maximum atomic E-state index is 14.1. The fourth-order valence-corrected chi connectivity index (χ4v) is 4.02. The van der Waals surface area contributed by atoms with E-state index in [1.54, 1.807) is 47.1 Å². The molecule has 176 valence electrons. The van der Waals surface area contributed by atoms with Gasteiger partial charge in [-0.1, -0.05) is 23.7 Å². The molecular formula is C25H17ClF2N4O3. The summed E-state index contributed by atoms with van der Waals surface area (Å²) >= 11 is 6.38. The van der Waals surface area contributed by atoms with Crippen molar-refractivity contribution in [2.45, 2.75) is 12.5 Å². The number of methoxy groups -OCH3 is 1. The number of hydrogen-bond acceptors (Lipinski definition) is 5. The summed E-state index contributed by atoms with van der Waals surface area (Å²) in [6.45, 7) is 0. The van der Waals surface area contributed by atoms with Gasteiger partial charge in [-0.3, -0.25) is 4.79 Å². The lowest BCUT2D eigenvalue weighted by atomic mass is 10.0. The van der Waals surface area contributed by atoms with E-state index in [0.29, 0.717) is 33.1 Å². The van der Waals surface area contributed by atoms with Crippen LogP contribution in [0.25, 0.3) is 16.8 Å². The Morgan fingerprint density at radius 1 is 1.17 bits per heavy atom. The van der Waals surface area contributed by atoms with Gasteiger partial charge < -0.3 is 14.5 Å². The van der Waals surface area contributed by atoms with E-state index < -0.39 is 35.1 Å². The number of carbonyl (C=O) groups excluding carboxylic acids is 2. The molecule has 10 heteroatoms. The Kier molecular flexibility index (Phi) is 6.75. The first-order valence-electron chi connectivity index (χ1n) is 10.3. The molecule has 0 bridgehead atoms. The predicted molar refractivity (Wildman–Crippen MR) is 124 cm³/mol. The monoisotopic (exact) mass is 494 g/mol. The van der Waals surface area contributed by atoms with Gasteiger partial charge in [-0.05, 0) is 36.4 Å². The Balaban J connectivity index is 1.69. The molecular weight excluding hydrogens is 478 g/mol. The van der Waals surface area contributed by atoms with Crippen LogP contribution in [0.3, 0.4) is 0 Å². The van der Waals surface area contributed by atoms with Crippen LogP contribution in [-0.2, 0) is 16.0 Å². The number of rotatable bonds is 6. The number of pyridine rings is 1. The number of fused-ring (bicyclic) bond motifs is 1. The number of aromatic nitrogens is 2. The average molecular weight is 495 g/mol. The van der Waals surface area contributed by atoms with Crippen molar-refractivity contribution >= 4 is 29.1 Å². The molecule has 7 nitrogen and oxygen atoms in total. The minimum atomic E-state index is -1.23. The zero-order valence-electron chi connectivity index (χ0n) is 18.3. The minimum absolute atomic E-state index is 0.0528. The fourth-order valence-electron chi connectivity index (χ4n) is 3.74. The van der Waals surface area contributed by atoms with E-state index in [4.69, 9.17) is 21.6 Å². The summed E-state index contributed by atoms with van der Waals surface area (Å²) in [5.41, 5.74) is 2.04. The van der Waals surface area contributed by atoms with Crippen molar-refractivity contribution < 1.29 is 23.1 Å². The quantitative estimate of drug-likeness (QED) is 0.403. The normalized spacial score (nSPS) is 11.6. The summed E-state index contributed by atoms with van der Waals surface area (Å²) in [6, 6.07) is 12.2. The summed E-state index contributed by atoms with van der Waals surface area (Å²) in [5.74, 6) is -3.97. The molecule has 4 aromatic rings. The predicted octanol–water partition coefficient (Wildman–Crippen LogP) is 4.32. The van der Waals surface area contributed by atoms with Crippen molar-refractivity contribution in [3.05, 3.63) is 94.4 Å². The van der Waals surface area contributed by atoms with Gasteiger partial charge in [0.15, 0.2) is 0 Å². The van der Waals surface area contributed by atoms with Crippen molar-refractivity contribution in [2.75, 3.05) is 7.11 Å². The van der Waals surface area contributed by atoms with E-state index in [-0.39, 0.29) is 6.42 Å². The Hall–Kier alpha value is -4.29. The second-order valence-electron chi connectivity index (χ2n) is 7.52. The highest BCUT2D eigenvalue weighted by Gasteiger charge is 2.27. The van der Waals surface area contributed by atoms with Gasteiger partial charge in [-0.2, -0.15) is 5.26 Å². The van der Waals surface area contributed by atoms with E-state index in [1.807, 2.05) is 6.07 Å². The van der Waals surface area contributed by atoms with E-state index >= 15 is 0 Å². The molecule has 0 radical (unpaired) electrons. The zero-order chi connectivity index (χ0) is 25.1. The van der Waals surface area contributed by atoms with Crippen molar-refractivity contribution in [2.24, 2.45) is 0 Å². The van der Waals surface area contributed by atoms with Crippen LogP contribution in [0.2, 0.25) is 5.02 Å². The zero-order valence-corrected chi connectivity index (χ0v) is 19.0. The molecule has 2 aromatic carbocycles. The van der Waals surface area contributed by atoms with Crippen LogP contribution in [0.15, 0.2) is 60.9 Å². The van der Waals surface area contributed by atoms with Gasteiger partial charge in [-0.15, -0.1) is 0 Å². The molecule has 2 heterocycles. The lowest BCUT2D eigenvalue weighted by Crippen LogP contribution is -2.44. The van der Waals surface area contributed by atoms with E-state index in [0.717, 1.165) is 25.3 Å². The molecule has 1 N–H and O–H groups in total. The van der Waals surface area contributed by atoms with Gasteiger partial charge in [0.25, 0.3) is 5.91 Å². The molecule has 0 saturated carbocycles. The maximum absolute atomic E-state index is 14.1. The summed E-state index contributed by atoms with van der Waals surface area (Å²) in [6.07, 6.45) is 3.17. The number of nitriles is 1. The van der Waals surface area contributed by atoms with Crippen LogP contribution in [-0.4, -0.2) is 34.4 Å². The number of halogens is 3. The van der Waals surface area contributed by atoms with Crippen LogP contribution in [0.4, 0.5) is 8.78 Å². The van der Waals surface area contributed by atoms with Gasteiger partial charge in [-0.25, -0.2) is 18.6 Å². The van der Waals surface area contributed by atoms with Gasteiger partial charge >= 0.3 is 5.97 Å². The van der Waals surface area contributed by atoms with Crippen LogP contribution in [0.5, 0.6) is 0 Å². The second kappa shape index (κ2) is 9.91. The Bertz CT molecular complexity index is 1480. The Labute approximate surface area is 203 Å². The average Bonchev–Trinajstić information content (AvgIpc) is 3.34. The molecule has 0 aliphatic rings. The molecule has 1 amide bonds. The van der Waals surface area contributed by atoms with Crippen LogP contribution >= 0.6 is 11.6 Å². The minimum Gasteiger partial charge on any atom is -0.467 e. The highest BCUT2D eigenvalue weighted by atomic mass is 35.5. The van der Waals surface area contributed by atoms with Gasteiger partial charge in [0.2, 0.25) is 0 Å². The third kappa shape index (κ3) is 4.69. The van der Waals surface area contributed by atoms with E-state index in [9.17, 15) is 18.4 Å². The number of ether oxygens (including phenoxy) is 1. The lowest BCUT2D eigenvalue weighted by Gasteiger charge is -2.18. The van der Waals surface area contributed by atoms with Crippen molar-refractivity contribution in [1.82, 2.24) is 14.7 Å². The molecule has 0 spiro atoms. The summed E-state index contributed by atoms with van der Waals surface area (Å²) in [7, 11) is 1.15. The van der Waals surface area contributed by atoms with Crippen molar-refractivity contribution in [1.29, 1.82) is 5.26 Å².